The molecular formula is C16H18FN3O2S. The molecule has 23 heavy (non-hydrogen) atoms. The molecule has 7 heteroatoms. The van der Waals surface area contributed by atoms with Gasteiger partial charge in [-0.05, 0) is 50.1 Å². The first-order valence-electron chi connectivity index (χ1n) is 7.51. The minimum Gasteiger partial charge on any atom is -0.352 e. The summed E-state index contributed by atoms with van der Waals surface area (Å²) in [6.07, 6.45) is 3.75. The molecule has 1 amide bonds. The average Bonchev–Trinajstić information content (AvgIpc) is 3.23. The zero-order chi connectivity index (χ0) is 16.4. The number of carbonyl (C=O) groups excluding carboxylic acids is 1. The van der Waals surface area contributed by atoms with Crippen molar-refractivity contribution >= 4 is 16.7 Å². The fourth-order valence-electron chi connectivity index (χ4n) is 2.11. The van der Waals surface area contributed by atoms with E-state index in [1.54, 1.807) is 36.0 Å². The van der Waals surface area contributed by atoms with Gasteiger partial charge < -0.3 is 5.32 Å². The Morgan fingerprint density at radius 1 is 1.39 bits per heavy atom. The quantitative estimate of drug-likeness (QED) is 0.877. The summed E-state index contributed by atoms with van der Waals surface area (Å²) in [4.78, 5) is 11.9. The van der Waals surface area contributed by atoms with Crippen molar-refractivity contribution in [2.45, 2.75) is 36.8 Å². The lowest BCUT2D eigenvalue weighted by Gasteiger charge is -2.10. The van der Waals surface area contributed by atoms with E-state index in [9.17, 15) is 13.4 Å². The number of halogens is 1. The second-order valence-corrected chi connectivity index (χ2v) is 7.44. The van der Waals surface area contributed by atoms with Gasteiger partial charge in [0.15, 0.2) is 0 Å². The van der Waals surface area contributed by atoms with Crippen LogP contribution in [-0.4, -0.2) is 31.2 Å². The van der Waals surface area contributed by atoms with Crippen molar-refractivity contribution in [3.63, 3.8) is 0 Å². The number of nitrogens with one attached hydrogen (secondary N) is 1. The van der Waals surface area contributed by atoms with Gasteiger partial charge >= 0.3 is 0 Å². The van der Waals surface area contributed by atoms with Gasteiger partial charge in [-0.25, -0.2) is 9.07 Å². The van der Waals surface area contributed by atoms with Crippen molar-refractivity contribution < 1.29 is 13.4 Å². The highest BCUT2D eigenvalue weighted by molar-refractivity contribution is 7.85. The highest BCUT2D eigenvalue weighted by Crippen LogP contribution is 2.19. The van der Waals surface area contributed by atoms with Crippen LogP contribution in [0.5, 0.6) is 0 Å². The molecule has 0 aliphatic heterocycles. The minimum absolute atomic E-state index is 0.163. The molecule has 0 bridgehead atoms. The predicted octanol–water partition coefficient (Wildman–Crippen LogP) is 1.93. The number of nitrogens with zero attached hydrogens (tertiary/aromatic N) is 2. The van der Waals surface area contributed by atoms with E-state index in [4.69, 9.17) is 0 Å². The summed E-state index contributed by atoms with van der Waals surface area (Å²) in [6, 6.07) is 7.98. The van der Waals surface area contributed by atoms with Crippen molar-refractivity contribution in [2.24, 2.45) is 0 Å². The van der Waals surface area contributed by atoms with E-state index in [0.29, 0.717) is 5.69 Å². The number of rotatable bonds is 6. The Hall–Kier alpha value is -2.02. The molecule has 1 N–H and O–H groups in total. The number of aromatic nitrogens is 2. The Morgan fingerprint density at radius 3 is 2.74 bits per heavy atom. The molecule has 0 spiro atoms. The van der Waals surface area contributed by atoms with Crippen LogP contribution in [0, 0.1) is 5.82 Å². The Kier molecular flexibility index (Phi) is 4.56. The molecule has 2 atom stereocenters. The lowest BCUT2D eigenvalue weighted by molar-refractivity contribution is -0.120. The van der Waals surface area contributed by atoms with Crippen LogP contribution in [0.2, 0.25) is 0 Å². The van der Waals surface area contributed by atoms with Crippen LogP contribution in [0.25, 0.3) is 5.69 Å². The van der Waals surface area contributed by atoms with E-state index < -0.39 is 16.0 Å². The highest BCUT2D eigenvalue weighted by Gasteiger charge is 2.28. The third kappa shape index (κ3) is 4.04. The summed E-state index contributed by atoms with van der Waals surface area (Å²) >= 11 is 0. The highest BCUT2D eigenvalue weighted by atomic mass is 32.2. The Morgan fingerprint density at radius 2 is 2.09 bits per heavy atom. The van der Waals surface area contributed by atoms with Gasteiger partial charge in [-0.3, -0.25) is 9.00 Å². The standard InChI is InChI=1S/C16H18FN3O2S/c1-11(16(21)18-13-4-5-13)23(22)10-14-8-9-20(19-14)15-6-2-12(17)3-7-15/h2-3,6-9,11,13H,4-5,10H2,1H3,(H,18,21). The van der Waals surface area contributed by atoms with Crippen molar-refractivity contribution in [2.75, 3.05) is 0 Å². The Labute approximate surface area is 136 Å². The summed E-state index contributed by atoms with van der Waals surface area (Å²) in [5.74, 6) is -0.255. The minimum atomic E-state index is -1.33. The molecule has 2 aromatic rings. The molecule has 3 rings (SSSR count). The van der Waals surface area contributed by atoms with Crippen LogP contribution in [-0.2, 0) is 21.3 Å². The predicted molar refractivity (Wildman–Crippen MR) is 86.0 cm³/mol. The molecule has 0 radical (unpaired) electrons. The van der Waals surface area contributed by atoms with E-state index in [1.807, 2.05) is 0 Å². The van der Waals surface area contributed by atoms with Gasteiger partial charge in [-0.2, -0.15) is 5.10 Å². The summed E-state index contributed by atoms with van der Waals surface area (Å²) in [6.45, 7) is 1.67. The van der Waals surface area contributed by atoms with Crippen molar-refractivity contribution in [1.29, 1.82) is 0 Å². The SMILES string of the molecule is CC(C(=O)NC1CC1)S(=O)Cc1ccn(-c2ccc(F)cc2)n1. The maximum absolute atomic E-state index is 12.9. The first-order valence-corrected chi connectivity index (χ1v) is 8.89. The normalized spacial score (nSPS) is 16.8. The van der Waals surface area contributed by atoms with Gasteiger partial charge in [0.1, 0.15) is 11.1 Å². The van der Waals surface area contributed by atoms with Gasteiger partial charge in [-0.15, -0.1) is 0 Å². The molecule has 2 unspecified atom stereocenters. The number of hydrogen-bond acceptors (Lipinski definition) is 3. The molecule has 1 aliphatic carbocycles. The smallest absolute Gasteiger partial charge is 0.235 e. The van der Waals surface area contributed by atoms with E-state index in [0.717, 1.165) is 18.5 Å². The van der Waals surface area contributed by atoms with Gasteiger partial charge in [0.2, 0.25) is 5.91 Å². The monoisotopic (exact) mass is 335 g/mol. The topological polar surface area (TPSA) is 64.0 Å². The second kappa shape index (κ2) is 6.62. The third-order valence-corrected chi connectivity index (χ3v) is 5.30. The molecular weight excluding hydrogens is 317 g/mol. The van der Waals surface area contributed by atoms with Gasteiger partial charge in [0, 0.05) is 23.0 Å². The zero-order valence-corrected chi connectivity index (χ0v) is 13.6. The van der Waals surface area contributed by atoms with Crippen LogP contribution < -0.4 is 5.32 Å². The Balaban J connectivity index is 1.62. The fraction of sp³-hybridized carbons (Fsp3) is 0.375. The first kappa shape index (κ1) is 15.9. The van der Waals surface area contributed by atoms with E-state index in [1.165, 1.54) is 12.1 Å². The van der Waals surface area contributed by atoms with Crippen molar-refractivity contribution in [3.05, 3.63) is 48.0 Å². The fourth-order valence-corrected chi connectivity index (χ4v) is 3.11. The zero-order valence-electron chi connectivity index (χ0n) is 12.7. The maximum Gasteiger partial charge on any atom is 0.235 e. The number of benzene rings is 1. The number of amides is 1. The molecule has 1 aliphatic rings. The van der Waals surface area contributed by atoms with Crippen LogP contribution in [0.15, 0.2) is 36.5 Å². The lowest BCUT2D eigenvalue weighted by Crippen LogP contribution is -2.37. The van der Waals surface area contributed by atoms with Gasteiger partial charge in [-0.1, -0.05) is 0 Å². The van der Waals surface area contributed by atoms with Gasteiger partial charge in [0.05, 0.1) is 17.1 Å². The third-order valence-electron chi connectivity index (χ3n) is 3.71. The summed E-state index contributed by atoms with van der Waals surface area (Å²) in [7, 11) is -1.33. The summed E-state index contributed by atoms with van der Waals surface area (Å²) in [5.41, 5.74) is 1.36. The Bertz CT molecular complexity index is 725. The molecule has 1 heterocycles. The van der Waals surface area contributed by atoms with E-state index in [2.05, 4.69) is 10.4 Å². The number of carbonyl (C=O) groups is 1. The van der Waals surface area contributed by atoms with E-state index in [-0.39, 0.29) is 23.5 Å². The van der Waals surface area contributed by atoms with E-state index >= 15 is 0 Å². The van der Waals surface area contributed by atoms with Crippen molar-refractivity contribution in [3.8, 4) is 5.69 Å². The molecule has 5 nitrogen and oxygen atoms in total. The largest absolute Gasteiger partial charge is 0.352 e. The molecule has 1 saturated carbocycles. The van der Waals surface area contributed by atoms with Gasteiger partial charge in [0.25, 0.3) is 0 Å². The molecule has 0 saturated heterocycles. The van der Waals surface area contributed by atoms with Crippen LogP contribution >= 0.6 is 0 Å². The number of hydrogen-bond donors (Lipinski definition) is 1. The first-order chi connectivity index (χ1) is 11.0. The van der Waals surface area contributed by atoms with Crippen molar-refractivity contribution in [1.82, 2.24) is 15.1 Å². The molecule has 1 aromatic heterocycles. The van der Waals surface area contributed by atoms with Crippen LogP contribution in [0.3, 0.4) is 0 Å². The summed E-state index contributed by atoms with van der Waals surface area (Å²) in [5, 5.41) is 6.63. The molecule has 122 valence electrons. The van der Waals surface area contributed by atoms with Crippen LogP contribution in [0.1, 0.15) is 25.5 Å². The molecule has 1 fully saturated rings. The second-order valence-electron chi connectivity index (χ2n) is 5.68. The average molecular weight is 335 g/mol. The maximum atomic E-state index is 12.9. The van der Waals surface area contributed by atoms with Crippen LogP contribution in [0.4, 0.5) is 4.39 Å². The summed E-state index contributed by atoms with van der Waals surface area (Å²) < 4.78 is 26.8. The molecule has 1 aromatic carbocycles. The lowest BCUT2D eigenvalue weighted by atomic mass is 10.3.